The van der Waals surface area contributed by atoms with Crippen molar-refractivity contribution in [2.45, 2.75) is 90.1 Å². The predicted octanol–water partition coefficient (Wildman–Crippen LogP) is 4.55. The molecule has 0 unspecified atom stereocenters. The maximum absolute atomic E-state index is 11.9. The number of ketones is 1. The Labute approximate surface area is 152 Å². The van der Waals surface area contributed by atoms with Gasteiger partial charge in [-0.1, -0.05) is 38.5 Å². The van der Waals surface area contributed by atoms with Gasteiger partial charge in [0.15, 0.2) is 5.78 Å². The third kappa shape index (κ3) is 6.02. The predicted molar refractivity (Wildman–Crippen MR) is 100 cm³/mol. The van der Waals surface area contributed by atoms with E-state index < -0.39 is 5.97 Å². The van der Waals surface area contributed by atoms with Gasteiger partial charge in [-0.15, -0.1) is 0 Å². The second-order valence-electron chi connectivity index (χ2n) is 7.23. The van der Waals surface area contributed by atoms with Gasteiger partial charge in [0.05, 0.1) is 6.61 Å². The van der Waals surface area contributed by atoms with Gasteiger partial charge in [0, 0.05) is 12.1 Å². The summed E-state index contributed by atoms with van der Waals surface area (Å²) in [5, 5.41) is 0. The molecule has 2 fully saturated rings. The largest absolute Gasteiger partial charge is 0.462 e. The van der Waals surface area contributed by atoms with Crippen molar-refractivity contribution >= 4 is 11.8 Å². The number of carbonyl (C=O) groups excluding carboxylic acids is 2. The number of allylic oxidation sites excluding steroid dienone is 2. The molecular formula is C21H33NO3. The van der Waals surface area contributed by atoms with E-state index in [-0.39, 0.29) is 18.0 Å². The molecule has 140 valence electrons. The molecular weight excluding hydrogens is 314 g/mol. The van der Waals surface area contributed by atoms with E-state index in [4.69, 9.17) is 4.74 Å². The highest BCUT2D eigenvalue weighted by Crippen LogP contribution is 2.30. The molecule has 0 saturated heterocycles. The fourth-order valence-electron chi connectivity index (χ4n) is 4.08. The van der Waals surface area contributed by atoms with E-state index in [1.54, 1.807) is 13.0 Å². The zero-order chi connectivity index (χ0) is 18.1. The molecule has 0 N–H and O–H groups in total. The Morgan fingerprint density at radius 2 is 1.48 bits per heavy atom. The first kappa shape index (κ1) is 19.7. The first-order valence-electron chi connectivity index (χ1n) is 9.97. The van der Waals surface area contributed by atoms with Crippen LogP contribution in [0.15, 0.2) is 23.9 Å². The van der Waals surface area contributed by atoms with Crippen LogP contribution in [0.4, 0.5) is 0 Å². The van der Waals surface area contributed by atoms with Crippen molar-refractivity contribution in [1.82, 2.24) is 4.90 Å². The van der Waals surface area contributed by atoms with E-state index >= 15 is 0 Å². The SMILES string of the molecule is CCOC(=O)C(=CC=CN(C1CCCCC1)C1CCCCC1)C(C)=O. The smallest absolute Gasteiger partial charge is 0.341 e. The van der Waals surface area contributed by atoms with Crippen LogP contribution in [0.25, 0.3) is 0 Å². The summed E-state index contributed by atoms with van der Waals surface area (Å²) < 4.78 is 4.98. The molecule has 4 heteroatoms. The fraction of sp³-hybridized carbons (Fsp3) is 0.714. The summed E-state index contributed by atoms with van der Waals surface area (Å²) in [6.45, 7) is 3.44. The second-order valence-corrected chi connectivity index (χ2v) is 7.23. The molecule has 0 amide bonds. The van der Waals surface area contributed by atoms with Gasteiger partial charge in [0.2, 0.25) is 0 Å². The molecule has 2 aliphatic rings. The number of hydrogen-bond acceptors (Lipinski definition) is 4. The lowest BCUT2D eigenvalue weighted by Gasteiger charge is -2.41. The van der Waals surface area contributed by atoms with Gasteiger partial charge in [-0.05, 0) is 57.9 Å². The fourth-order valence-corrected chi connectivity index (χ4v) is 4.08. The van der Waals surface area contributed by atoms with Crippen LogP contribution in [0, 0.1) is 0 Å². The Morgan fingerprint density at radius 3 is 1.92 bits per heavy atom. The minimum Gasteiger partial charge on any atom is -0.462 e. The number of hydrogen-bond donors (Lipinski definition) is 0. The standard InChI is InChI=1S/C21H33NO3/c1-3-25-21(24)20(17(2)23)15-10-16-22(18-11-6-4-7-12-18)19-13-8-5-9-14-19/h10,15-16,18-19H,3-9,11-14H2,1-2H3. The van der Waals surface area contributed by atoms with Crippen LogP contribution in [-0.4, -0.2) is 35.3 Å². The summed E-state index contributed by atoms with van der Waals surface area (Å²) in [5.41, 5.74) is 0.130. The van der Waals surface area contributed by atoms with E-state index in [1.807, 2.05) is 6.08 Å². The summed E-state index contributed by atoms with van der Waals surface area (Å²) in [6, 6.07) is 1.20. The molecule has 0 atom stereocenters. The number of Topliss-reactive ketones (excluding diaryl/α,β-unsaturated/α-hetero) is 1. The summed E-state index contributed by atoms with van der Waals surface area (Å²) in [5.74, 6) is -0.772. The first-order chi connectivity index (χ1) is 12.1. The van der Waals surface area contributed by atoms with E-state index in [0.717, 1.165) is 0 Å². The van der Waals surface area contributed by atoms with Crippen molar-refractivity contribution in [3.63, 3.8) is 0 Å². The lowest BCUT2D eigenvalue weighted by Crippen LogP contribution is -2.41. The molecule has 4 nitrogen and oxygen atoms in total. The number of esters is 1. The van der Waals surface area contributed by atoms with Gasteiger partial charge in [-0.2, -0.15) is 0 Å². The van der Waals surface area contributed by atoms with Crippen LogP contribution in [0.5, 0.6) is 0 Å². The molecule has 2 aliphatic carbocycles. The summed E-state index contributed by atoms with van der Waals surface area (Å²) in [6.07, 6.45) is 18.5. The monoisotopic (exact) mass is 347 g/mol. The molecule has 0 aliphatic heterocycles. The van der Waals surface area contributed by atoms with E-state index in [1.165, 1.54) is 71.1 Å². The van der Waals surface area contributed by atoms with Gasteiger partial charge < -0.3 is 9.64 Å². The molecule has 0 spiro atoms. The van der Waals surface area contributed by atoms with Gasteiger partial charge in [-0.25, -0.2) is 4.79 Å². The van der Waals surface area contributed by atoms with Gasteiger partial charge >= 0.3 is 5.97 Å². The van der Waals surface area contributed by atoms with Crippen LogP contribution >= 0.6 is 0 Å². The third-order valence-corrected chi connectivity index (χ3v) is 5.39. The molecule has 2 rings (SSSR count). The summed E-state index contributed by atoms with van der Waals surface area (Å²) >= 11 is 0. The van der Waals surface area contributed by atoms with Crippen LogP contribution in [0.2, 0.25) is 0 Å². The minimum atomic E-state index is -0.526. The lowest BCUT2D eigenvalue weighted by atomic mass is 9.89. The third-order valence-electron chi connectivity index (χ3n) is 5.39. The van der Waals surface area contributed by atoms with E-state index in [2.05, 4.69) is 11.1 Å². The maximum Gasteiger partial charge on any atom is 0.341 e. The first-order valence-corrected chi connectivity index (χ1v) is 9.97. The molecule has 0 aromatic carbocycles. The van der Waals surface area contributed by atoms with E-state index in [9.17, 15) is 9.59 Å². The molecule has 0 aromatic heterocycles. The van der Waals surface area contributed by atoms with Crippen molar-refractivity contribution in [2.24, 2.45) is 0 Å². The average Bonchev–Trinajstić information content (AvgIpc) is 2.63. The van der Waals surface area contributed by atoms with Crippen LogP contribution in [-0.2, 0) is 14.3 Å². The Kier molecular flexibility index (Phi) is 8.23. The Morgan fingerprint density at radius 1 is 0.960 bits per heavy atom. The number of carbonyl (C=O) groups is 2. The molecule has 0 radical (unpaired) electrons. The Hall–Kier alpha value is -1.58. The van der Waals surface area contributed by atoms with Gasteiger partial charge in [-0.3, -0.25) is 4.79 Å². The lowest BCUT2D eigenvalue weighted by molar-refractivity contribution is -0.139. The highest BCUT2D eigenvalue weighted by Gasteiger charge is 2.26. The Bertz CT molecular complexity index is 479. The van der Waals surface area contributed by atoms with Crippen LogP contribution < -0.4 is 0 Å². The number of nitrogens with zero attached hydrogens (tertiary/aromatic N) is 1. The van der Waals surface area contributed by atoms with Crippen molar-refractivity contribution in [3.05, 3.63) is 23.9 Å². The molecule has 2 saturated carbocycles. The zero-order valence-electron chi connectivity index (χ0n) is 15.8. The van der Waals surface area contributed by atoms with Gasteiger partial charge in [0.1, 0.15) is 5.57 Å². The highest BCUT2D eigenvalue weighted by atomic mass is 16.5. The maximum atomic E-state index is 11.9. The topological polar surface area (TPSA) is 46.6 Å². The number of ether oxygens (including phenoxy) is 1. The van der Waals surface area contributed by atoms with Crippen LogP contribution in [0.1, 0.15) is 78.1 Å². The van der Waals surface area contributed by atoms with Crippen LogP contribution in [0.3, 0.4) is 0 Å². The second kappa shape index (κ2) is 10.4. The minimum absolute atomic E-state index is 0.130. The quantitative estimate of drug-likeness (QED) is 0.223. The number of rotatable bonds is 7. The van der Waals surface area contributed by atoms with Crippen molar-refractivity contribution in [2.75, 3.05) is 6.61 Å². The Balaban J connectivity index is 2.12. The summed E-state index contributed by atoms with van der Waals surface area (Å²) in [4.78, 5) is 26.2. The van der Waals surface area contributed by atoms with E-state index in [0.29, 0.717) is 12.1 Å². The molecule has 25 heavy (non-hydrogen) atoms. The highest BCUT2D eigenvalue weighted by molar-refractivity contribution is 6.16. The molecule has 0 bridgehead atoms. The average molecular weight is 347 g/mol. The normalized spacial score (nSPS) is 20.6. The van der Waals surface area contributed by atoms with Crippen molar-refractivity contribution < 1.29 is 14.3 Å². The zero-order valence-corrected chi connectivity index (χ0v) is 15.8. The molecule has 0 heterocycles. The van der Waals surface area contributed by atoms with Crippen molar-refractivity contribution in [1.29, 1.82) is 0 Å². The summed E-state index contributed by atoms with van der Waals surface area (Å²) in [7, 11) is 0. The van der Waals surface area contributed by atoms with Crippen molar-refractivity contribution in [3.8, 4) is 0 Å². The molecule has 0 aromatic rings. The van der Waals surface area contributed by atoms with Gasteiger partial charge in [0.25, 0.3) is 0 Å².